The Kier molecular flexibility index (Phi) is 3.96. The number of anilines is 2. The van der Waals surface area contributed by atoms with Crippen LogP contribution in [0.2, 0.25) is 0 Å². The molecule has 0 bridgehead atoms. The third kappa shape index (κ3) is 2.77. The summed E-state index contributed by atoms with van der Waals surface area (Å²) in [4.78, 5) is 13.3. The highest BCUT2D eigenvalue weighted by Gasteiger charge is 2.24. The first-order chi connectivity index (χ1) is 11.7. The van der Waals surface area contributed by atoms with Crippen molar-refractivity contribution >= 4 is 17.3 Å². The molecule has 1 N–H and O–H groups in total. The molecule has 1 saturated heterocycles. The Morgan fingerprint density at radius 1 is 1.21 bits per heavy atom. The van der Waals surface area contributed by atoms with Crippen molar-refractivity contribution in [3.05, 3.63) is 41.0 Å². The lowest BCUT2D eigenvalue weighted by Gasteiger charge is -2.17. The van der Waals surface area contributed by atoms with Crippen LogP contribution in [-0.4, -0.2) is 17.6 Å². The smallest absolute Gasteiger partial charge is 0.227 e. The highest BCUT2D eigenvalue weighted by atomic mass is 19.1. The summed E-state index contributed by atoms with van der Waals surface area (Å²) in [7, 11) is 0. The fourth-order valence-electron chi connectivity index (χ4n) is 3.51. The number of hydrogen-bond acceptors (Lipinski definition) is 4. The van der Waals surface area contributed by atoms with Gasteiger partial charge in [-0.1, -0.05) is 5.16 Å². The van der Waals surface area contributed by atoms with E-state index in [1.165, 1.54) is 16.5 Å². The van der Waals surface area contributed by atoms with E-state index in [4.69, 9.17) is 4.52 Å². The Morgan fingerprint density at radius 2 is 2.08 bits per heavy atom. The molecule has 6 heteroatoms. The highest BCUT2D eigenvalue weighted by molar-refractivity contribution is 5.95. The van der Waals surface area contributed by atoms with Crippen molar-refractivity contribution in [2.45, 2.75) is 45.1 Å². The molecular formula is C18H20FN3O2. The molecule has 1 amide bonds. The third-order valence-corrected chi connectivity index (χ3v) is 4.80. The van der Waals surface area contributed by atoms with E-state index in [0.29, 0.717) is 30.9 Å². The summed E-state index contributed by atoms with van der Waals surface area (Å²) in [6, 6.07) is 4.91. The van der Waals surface area contributed by atoms with Gasteiger partial charge in [0, 0.05) is 30.6 Å². The molecule has 0 spiro atoms. The standard InChI is InChI=1S/C18H20FN3O2/c19-14-10-12(7-8-16(14)22-9-3-6-18(22)23)20-11-15-13-4-1-2-5-17(13)24-21-15/h7-8,10,20H,1-6,9,11H2. The van der Waals surface area contributed by atoms with Crippen LogP contribution in [0.5, 0.6) is 0 Å². The summed E-state index contributed by atoms with van der Waals surface area (Å²) in [5, 5.41) is 7.34. The molecule has 1 aliphatic heterocycles. The largest absolute Gasteiger partial charge is 0.379 e. The summed E-state index contributed by atoms with van der Waals surface area (Å²) < 4.78 is 19.7. The van der Waals surface area contributed by atoms with E-state index in [9.17, 15) is 9.18 Å². The van der Waals surface area contributed by atoms with E-state index in [2.05, 4.69) is 10.5 Å². The van der Waals surface area contributed by atoms with Crippen LogP contribution in [-0.2, 0) is 24.2 Å². The van der Waals surface area contributed by atoms with Crippen LogP contribution in [0.4, 0.5) is 15.8 Å². The molecule has 2 heterocycles. The number of benzene rings is 1. The maximum atomic E-state index is 14.3. The number of carbonyl (C=O) groups excluding carboxylic acids is 1. The van der Waals surface area contributed by atoms with Crippen LogP contribution < -0.4 is 10.2 Å². The predicted octanol–water partition coefficient (Wildman–Crippen LogP) is 3.43. The number of amides is 1. The van der Waals surface area contributed by atoms with E-state index < -0.39 is 0 Å². The Morgan fingerprint density at radius 3 is 2.88 bits per heavy atom. The fraction of sp³-hybridized carbons (Fsp3) is 0.444. The molecule has 0 unspecified atom stereocenters. The van der Waals surface area contributed by atoms with Crippen molar-refractivity contribution in [3.8, 4) is 0 Å². The van der Waals surface area contributed by atoms with Gasteiger partial charge in [-0.3, -0.25) is 4.79 Å². The van der Waals surface area contributed by atoms with E-state index in [0.717, 1.165) is 43.6 Å². The number of aromatic nitrogens is 1. The Hall–Kier alpha value is -2.37. The quantitative estimate of drug-likeness (QED) is 0.933. The van der Waals surface area contributed by atoms with Gasteiger partial charge in [0.05, 0.1) is 12.2 Å². The second kappa shape index (κ2) is 6.26. The molecule has 4 rings (SSSR count). The van der Waals surface area contributed by atoms with Crippen LogP contribution in [0.3, 0.4) is 0 Å². The minimum atomic E-state index is -0.377. The first-order valence-corrected chi connectivity index (χ1v) is 8.52. The van der Waals surface area contributed by atoms with Crippen molar-refractivity contribution in [3.63, 3.8) is 0 Å². The van der Waals surface area contributed by atoms with Gasteiger partial charge in [-0.05, 0) is 43.9 Å². The van der Waals surface area contributed by atoms with E-state index in [-0.39, 0.29) is 11.7 Å². The summed E-state index contributed by atoms with van der Waals surface area (Å²) in [6.45, 7) is 1.11. The van der Waals surface area contributed by atoms with Gasteiger partial charge < -0.3 is 14.7 Å². The van der Waals surface area contributed by atoms with E-state index >= 15 is 0 Å². The lowest BCUT2D eigenvalue weighted by molar-refractivity contribution is -0.117. The lowest BCUT2D eigenvalue weighted by atomic mass is 9.96. The van der Waals surface area contributed by atoms with Gasteiger partial charge in [-0.25, -0.2) is 4.39 Å². The normalized spacial score (nSPS) is 17.2. The van der Waals surface area contributed by atoms with Crippen molar-refractivity contribution in [2.24, 2.45) is 0 Å². The molecule has 2 aliphatic rings. The summed E-state index contributed by atoms with van der Waals surface area (Å²) in [5.41, 5.74) is 3.15. The number of carbonyl (C=O) groups is 1. The van der Waals surface area contributed by atoms with E-state index in [1.807, 2.05) is 0 Å². The molecule has 1 aliphatic carbocycles. The highest BCUT2D eigenvalue weighted by Crippen LogP contribution is 2.28. The van der Waals surface area contributed by atoms with Gasteiger partial charge >= 0.3 is 0 Å². The fourth-order valence-corrected chi connectivity index (χ4v) is 3.51. The first-order valence-electron chi connectivity index (χ1n) is 8.52. The molecule has 126 valence electrons. The molecule has 1 aromatic heterocycles. The van der Waals surface area contributed by atoms with Gasteiger partial charge in [0.15, 0.2) is 0 Å². The SMILES string of the molecule is O=C1CCCN1c1ccc(NCc2noc3c2CCCC3)cc1F. The van der Waals surface area contributed by atoms with Crippen LogP contribution in [0.25, 0.3) is 0 Å². The number of rotatable bonds is 4. The van der Waals surface area contributed by atoms with Crippen molar-refractivity contribution in [2.75, 3.05) is 16.8 Å². The first kappa shape index (κ1) is 15.2. The monoisotopic (exact) mass is 329 g/mol. The Labute approximate surface area is 139 Å². The Balaban J connectivity index is 1.46. The maximum Gasteiger partial charge on any atom is 0.227 e. The summed E-state index contributed by atoms with van der Waals surface area (Å²) in [5.74, 6) is 0.605. The maximum absolute atomic E-state index is 14.3. The number of nitrogens with zero attached hydrogens (tertiary/aromatic N) is 2. The number of hydrogen-bond donors (Lipinski definition) is 1. The molecule has 1 aromatic carbocycles. The molecule has 24 heavy (non-hydrogen) atoms. The van der Waals surface area contributed by atoms with Gasteiger partial charge in [-0.2, -0.15) is 0 Å². The second-order valence-electron chi connectivity index (χ2n) is 6.41. The van der Waals surface area contributed by atoms with Crippen LogP contribution in [0.15, 0.2) is 22.7 Å². The molecule has 0 atom stereocenters. The average Bonchev–Trinajstić information content (AvgIpc) is 3.19. The summed E-state index contributed by atoms with van der Waals surface area (Å²) in [6.07, 6.45) is 5.55. The minimum absolute atomic E-state index is 0.0103. The van der Waals surface area contributed by atoms with Crippen molar-refractivity contribution in [1.82, 2.24) is 5.16 Å². The molecule has 0 saturated carbocycles. The molecule has 5 nitrogen and oxygen atoms in total. The zero-order valence-electron chi connectivity index (χ0n) is 13.5. The average molecular weight is 329 g/mol. The van der Waals surface area contributed by atoms with Crippen molar-refractivity contribution in [1.29, 1.82) is 0 Å². The van der Waals surface area contributed by atoms with Gasteiger partial charge in [0.2, 0.25) is 5.91 Å². The number of nitrogens with one attached hydrogen (secondary N) is 1. The molecular weight excluding hydrogens is 309 g/mol. The van der Waals surface area contributed by atoms with E-state index in [1.54, 1.807) is 12.1 Å². The van der Waals surface area contributed by atoms with Gasteiger partial charge in [0.1, 0.15) is 17.3 Å². The molecule has 2 aromatic rings. The molecule has 0 radical (unpaired) electrons. The van der Waals surface area contributed by atoms with Crippen LogP contribution in [0.1, 0.15) is 42.7 Å². The minimum Gasteiger partial charge on any atom is -0.379 e. The molecule has 1 fully saturated rings. The number of fused-ring (bicyclic) bond motifs is 1. The lowest BCUT2D eigenvalue weighted by Crippen LogP contribution is -2.24. The van der Waals surface area contributed by atoms with Crippen molar-refractivity contribution < 1.29 is 13.7 Å². The second-order valence-corrected chi connectivity index (χ2v) is 6.41. The third-order valence-electron chi connectivity index (χ3n) is 4.80. The zero-order chi connectivity index (χ0) is 16.5. The van der Waals surface area contributed by atoms with Gasteiger partial charge in [-0.15, -0.1) is 0 Å². The van der Waals surface area contributed by atoms with Gasteiger partial charge in [0.25, 0.3) is 0 Å². The summed E-state index contributed by atoms with van der Waals surface area (Å²) >= 11 is 0. The van der Waals surface area contributed by atoms with Crippen LogP contribution >= 0.6 is 0 Å². The topological polar surface area (TPSA) is 58.4 Å². The number of halogens is 1. The Bertz CT molecular complexity index is 772. The predicted molar refractivity (Wildman–Crippen MR) is 88.5 cm³/mol. The number of aryl methyl sites for hydroxylation is 1. The van der Waals surface area contributed by atoms with Crippen LogP contribution in [0, 0.1) is 5.82 Å². The zero-order valence-corrected chi connectivity index (χ0v) is 13.5.